The zero-order valence-corrected chi connectivity index (χ0v) is 21.2. The second-order valence-corrected chi connectivity index (χ2v) is 11.6. The molecule has 9 nitrogen and oxygen atoms in total. The highest BCUT2D eigenvalue weighted by molar-refractivity contribution is 5.77. The summed E-state index contributed by atoms with van der Waals surface area (Å²) in [7, 11) is 2.15. The van der Waals surface area contributed by atoms with Gasteiger partial charge in [0.1, 0.15) is 5.82 Å². The number of aromatic nitrogens is 2. The molecule has 35 heavy (non-hydrogen) atoms. The van der Waals surface area contributed by atoms with Crippen molar-refractivity contribution in [3.8, 4) is 0 Å². The molecule has 4 saturated heterocycles. The zero-order chi connectivity index (χ0) is 23.9. The average molecular weight is 484 g/mol. The van der Waals surface area contributed by atoms with E-state index >= 15 is 0 Å². The van der Waals surface area contributed by atoms with E-state index in [1.165, 1.54) is 19.3 Å². The topological polar surface area (TPSA) is 94.7 Å². The summed E-state index contributed by atoms with van der Waals surface area (Å²) in [6.07, 6.45) is 10.9. The maximum absolute atomic E-state index is 13.1. The van der Waals surface area contributed by atoms with Gasteiger partial charge in [-0.05, 0) is 70.6 Å². The quantitative estimate of drug-likeness (QED) is 0.545. The Hall–Kier alpha value is -1.97. The summed E-state index contributed by atoms with van der Waals surface area (Å²) in [5.74, 6) is 3.03. The number of anilines is 2. The maximum Gasteiger partial charge on any atom is 0.227 e. The zero-order valence-electron chi connectivity index (χ0n) is 21.2. The molecule has 6 rings (SSSR count). The molecule has 2 bridgehead atoms. The average Bonchev–Trinajstić information content (AvgIpc) is 3.30. The van der Waals surface area contributed by atoms with E-state index in [-0.39, 0.29) is 6.17 Å². The molecule has 4 unspecified atom stereocenters. The molecule has 3 N–H and O–H groups in total. The van der Waals surface area contributed by atoms with E-state index in [4.69, 9.17) is 14.7 Å². The molecular weight excluding hydrogens is 442 g/mol. The van der Waals surface area contributed by atoms with Gasteiger partial charge in [0.05, 0.1) is 18.5 Å². The van der Waals surface area contributed by atoms with E-state index in [0.717, 1.165) is 75.6 Å². The van der Waals surface area contributed by atoms with Gasteiger partial charge in [0, 0.05) is 56.2 Å². The van der Waals surface area contributed by atoms with Gasteiger partial charge in [0.25, 0.3) is 0 Å². The molecule has 0 spiro atoms. The van der Waals surface area contributed by atoms with Gasteiger partial charge in [-0.15, -0.1) is 0 Å². The van der Waals surface area contributed by atoms with Crippen LogP contribution in [0.25, 0.3) is 0 Å². The Balaban J connectivity index is 1.21. The van der Waals surface area contributed by atoms with Crippen molar-refractivity contribution in [2.45, 2.75) is 107 Å². The van der Waals surface area contributed by atoms with Crippen molar-refractivity contribution in [1.29, 1.82) is 0 Å². The van der Waals surface area contributed by atoms with Crippen molar-refractivity contribution >= 4 is 17.7 Å². The number of nitrogens with zero attached hydrogens (tertiary/aromatic N) is 4. The predicted molar refractivity (Wildman–Crippen MR) is 135 cm³/mol. The fraction of sp³-hybridized carbons (Fsp3) is 0.808. The highest BCUT2D eigenvalue weighted by Gasteiger charge is 2.43. The Morgan fingerprint density at radius 3 is 2.60 bits per heavy atom. The number of hydrogen-bond acceptors (Lipinski definition) is 8. The first-order chi connectivity index (χ1) is 17.0. The Labute approximate surface area is 208 Å². The fourth-order valence-electron chi connectivity index (χ4n) is 6.56. The van der Waals surface area contributed by atoms with Crippen LogP contribution in [0.3, 0.4) is 0 Å². The second-order valence-electron chi connectivity index (χ2n) is 11.6. The lowest BCUT2D eigenvalue weighted by Gasteiger charge is -2.50. The fourth-order valence-corrected chi connectivity index (χ4v) is 6.56. The number of rotatable bonds is 7. The molecule has 9 heteroatoms. The molecule has 5 aliphatic rings. The van der Waals surface area contributed by atoms with E-state index in [9.17, 15) is 4.79 Å². The normalized spacial score (nSPS) is 34.7. The van der Waals surface area contributed by atoms with Gasteiger partial charge in [-0.2, -0.15) is 4.98 Å². The first-order valence-corrected chi connectivity index (χ1v) is 13.8. The summed E-state index contributed by atoms with van der Waals surface area (Å²) in [6, 6.07) is 3.60. The Morgan fingerprint density at radius 1 is 1.14 bits per heavy atom. The number of hydrogen-bond donors (Lipinski definition) is 3. The maximum atomic E-state index is 13.1. The lowest BCUT2D eigenvalue weighted by Crippen LogP contribution is -2.58. The van der Waals surface area contributed by atoms with Crippen LogP contribution >= 0.6 is 0 Å². The lowest BCUT2D eigenvalue weighted by molar-refractivity contribution is -0.141. The minimum absolute atomic E-state index is 0.144. The van der Waals surface area contributed by atoms with Gasteiger partial charge < -0.3 is 19.9 Å². The van der Waals surface area contributed by atoms with Gasteiger partial charge in [-0.1, -0.05) is 0 Å². The van der Waals surface area contributed by atoms with Crippen molar-refractivity contribution in [3.05, 3.63) is 11.8 Å². The molecule has 1 saturated carbocycles. The monoisotopic (exact) mass is 483 g/mol. The van der Waals surface area contributed by atoms with Gasteiger partial charge >= 0.3 is 0 Å². The number of piperidine rings is 2. The molecular formula is C26H41N7O2. The number of fused-ring (bicyclic) bond motifs is 2. The minimum Gasteiger partial charge on any atom is -0.381 e. The van der Waals surface area contributed by atoms with Crippen molar-refractivity contribution in [2.24, 2.45) is 5.92 Å². The van der Waals surface area contributed by atoms with Crippen LogP contribution in [0.2, 0.25) is 0 Å². The van der Waals surface area contributed by atoms with Crippen LogP contribution in [-0.4, -0.2) is 71.4 Å². The number of hydrazine groups is 1. The Bertz CT molecular complexity index is 905. The molecule has 1 aromatic heterocycles. The molecule has 6 atom stereocenters. The van der Waals surface area contributed by atoms with Crippen LogP contribution in [0.15, 0.2) is 6.07 Å². The third kappa shape index (κ3) is 5.13. The number of carbonyl (C=O) groups excluding carboxylic acids is 1. The number of nitrogens with one attached hydrogen (secondary N) is 3. The second kappa shape index (κ2) is 9.82. The van der Waals surface area contributed by atoms with Crippen molar-refractivity contribution in [2.75, 3.05) is 30.5 Å². The summed E-state index contributed by atoms with van der Waals surface area (Å²) in [4.78, 5) is 27.7. The summed E-state index contributed by atoms with van der Waals surface area (Å²) in [6.45, 7) is 3.70. The predicted octanol–water partition coefficient (Wildman–Crippen LogP) is 2.75. The van der Waals surface area contributed by atoms with Gasteiger partial charge in [-0.25, -0.2) is 10.4 Å². The molecule has 1 aromatic rings. The molecule has 5 heterocycles. The summed E-state index contributed by atoms with van der Waals surface area (Å²) >= 11 is 0. The van der Waals surface area contributed by atoms with Gasteiger partial charge in [-0.3, -0.25) is 10.2 Å². The molecule has 1 amide bonds. The Morgan fingerprint density at radius 2 is 1.94 bits per heavy atom. The van der Waals surface area contributed by atoms with Crippen LogP contribution in [0.1, 0.15) is 82.7 Å². The molecule has 5 fully saturated rings. The standard InChI is InChI=1S/C26H41N7O2/c1-16-10-24(31-30-16)28-23-14-22(18-8-9-35-15-18)27-26(29-23)32(2)21-12-19-4-3-5-20(13-21)33(19)25(34)11-17-6-7-17/h14,16-21,24,30-31H,3-13,15H2,1-2H3,(H,27,28,29)/t16?,18?,19-,20+,21?,24?. The van der Waals surface area contributed by atoms with Crippen LogP contribution in [-0.2, 0) is 9.53 Å². The first kappa shape index (κ1) is 23.4. The smallest absolute Gasteiger partial charge is 0.227 e. The van der Waals surface area contributed by atoms with Gasteiger partial charge in [0.2, 0.25) is 11.9 Å². The number of ether oxygens (including phenoxy) is 1. The summed E-state index contributed by atoms with van der Waals surface area (Å²) in [5.41, 5.74) is 7.67. The highest BCUT2D eigenvalue weighted by Crippen LogP contribution is 2.40. The van der Waals surface area contributed by atoms with Crippen LogP contribution in [0.4, 0.5) is 11.8 Å². The molecule has 0 aromatic carbocycles. The Kier molecular flexibility index (Phi) is 6.58. The molecule has 192 valence electrons. The van der Waals surface area contributed by atoms with E-state index in [1.54, 1.807) is 0 Å². The number of carbonyl (C=O) groups is 1. The lowest BCUT2D eigenvalue weighted by atomic mass is 9.81. The van der Waals surface area contributed by atoms with Gasteiger partial charge in [0.15, 0.2) is 0 Å². The first-order valence-electron chi connectivity index (χ1n) is 13.8. The van der Waals surface area contributed by atoms with Crippen molar-refractivity contribution in [1.82, 2.24) is 25.7 Å². The van der Waals surface area contributed by atoms with Crippen molar-refractivity contribution in [3.63, 3.8) is 0 Å². The molecule has 1 aliphatic carbocycles. The van der Waals surface area contributed by atoms with E-state index < -0.39 is 0 Å². The van der Waals surface area contributed by atoms with E-state index in [0.29, 0.717) is 41.9 Å². The third-order valence-corrected chi connectivity index (χ3v) is 8.76. The van der Waals surface area contributed by atoms with Crippen LogP contribution < -0.4 is 21.1 Å². The summed E-state index contributed by atoms with van der Waals surface area (Å²) in [5, 5.41) is 3.57. The molecule has 0 radical (unpaired) electrons. The van der Waals surface area contributed by atoms with Crippen molar-refractivity contribution < 1.29 is 9.53 Å². The van der Waals surface area contributed by atoms with Crippen LogP contribution in [0, 0.1) is 5.92 Å². The van der Waals surface area contributed by atoms with Crippen LogP contribution in [0.5, 0.6) is 0 Å². The highest BCUT2D eigenvalue weighted by atomic mass is 16.5. The SMILES string of the molecule is CC1CC(Nc2cc(C3CCOC3)nc(N(C)C3C[C@H]4CCC[C@@H](C3)N4C(=O)CC3CC3)n2)NN1. The summed E-state index contributed by atoms with van der Waals surface area (Å²) < 4.78 is 5.68. The third-order valence-electron chi connectivity index (χ3n) is 8.76. The minimum atomic E-state index is 0.144. The van der Waals surface area contributed by atoms with E-state index in [2.05, 4.69) is 46.0 Å². The molecule has 4 aliphatic heterocycles. The van der Waals surface area contributed by atoms with E-state index in [1.807, 2.05) is 0 Å². The largest absolute Gasteiger partial charge is 0.381 e. The number of amides is 1.